The van der Waals surface area contributed by atoms with Crippen molar-refractivity contribution in [3.63, 3.8) is 0 Å². The largest absolute Gasteiger partial charge is 0.398 e. The first-order valence-corrected chi connectivity index (χ1v) is 6.54. The minimum absolute atomic E-state index is 0.0991. The van der Waals surface area contributed by atoms with Crippen molar-refractivity contribution in [2.75, 3.05) is 17.7 Å². The molecule has 0 atom stereocenters. The van der Waals surface area contributed by atoms with Crippen LogP contribution >= 0.6 is 11.6 Å². The minimum Gasteiger partial charge on any atom is -0.398 e. The number of nitrogen functional groups attached to an aromatic ring is 1. The summed E-state index contributed by atoms with van der Waals surface area (Å²) >= 11 is 5.99. The second-order valence-electron chi connectivity index (χ2n) is 4.33. The molecule has 4 N–H and O–H groups in total. The Morgan fingerprint density at radius 2 is 1.90 bits per heavy atom. The Morgan fingerprint density at radius 1 is 1.20 bits per heavy atom. The van der Waals surface area contributed by atoms with Crippen LogP contribution in [0.25, 0.3) is 0 Å². The summed E-state index contributed by atoms with van der Waals surface area (Å²) in [5.41, 5.74) is 8.03. The molecule has 0 bridgehead atoms. The van der Waals surface area contributed by atoms with Crippen molar-refractivity contribution in [1.29, 1.82) is 0 Å². The van der Waals surface area contributed by atoms with Gasteiger partial charge in [0.2, 0.25) is 0 Å². The van der Waals surface area contributed by atoms with E-state index in [4.69, 9.17) is 22.4 Å². The van der Waals surface area contributed by atoms with Crippen LogP contribution in [0.3, 0.4) is 0 Å². The molecule has 20 heavy (non-hydrogen) atoms. The number of aliphatic hydroxyl groups is 1. The zero-order valence-electron chi connectivity index (χ0n) is 10.8. The molecule has 0 saturated carbocycles. The van der Waals surface area contributed by atoms with Gasteiger partial charge >= 0.3 is 0 Å². The third-order valence-electron chi connectivity index (χ3n) is 2.89. The highest BCUT2D eigenvalue weighted by Gasteiger charge is 2.13. The molecule has 0 fully saturated rings. The number of nitrogens with one attached hydrogen (secondary N) is 1. The topological polar surface area (TPSA) is 75.4 Å². The molecule has 0 unspecified atom stereocenters. The van der Waals surface area contributed by atoms with E-state index in [2.05, 4.69) is 5.32 Å². The lowest BCUT2D eigenvalue weighted by atomic mass is 10.1. The molecule has 0 radical (unpaired) electrons. The molecule has 0 aliphatic heterocycles. The van der Waals surface area contributed by atoms with Gasteiger partial charge in [-0.25, -0.2) is 0 Å². The SMILES string of the molecule is Nc1cccc(Cl)c1C(=O)Nc1ccc(CCO)cc1. The number of nitrogens with two attached hydrogens (primary N) is 1. The summed E-state index contributed by atoms with van der Waals surface area (Å²) in [6, 6.07) is 12.2. The number of hydrogen-bond acceptors (Lipinski definition) is 3. The van der Waals surface area contributed by atoms with Crippen molar-refractivity contribution in [2.45, 2.75) is 6.42 Å². The maximum atomic E-state index is 12.2. The van der Waals surface area contributed by atoms with Crippen LogP contribution in [0.15, 0.2) is 42.5 Å². The molecule has 2 rings (SSSR count). The van der Waals surface area contributed by atoms with Gasteiger partial charge < -0.3 is 16.2 Å². The van der Waals surface area contributed by atoms with E-state index in [1.54, 1.807) is 30.3 Å². The number of carbonyl (C=O) groups is 1. The first kappa shape index (κ1) is 14.4. The summed E-state index contributed by atoms with van der Waals surface area (Å²) < 4.78 is 0. The molecule has 4 nitrogen and oxygen atoms in total. The number of hydrogen-bond donors (Lipinski definition) is 3. The third-order valence-corrected chi connectivity index (χ3v) is 3.20. The fraction of sp³-hybridized carbons (Fsp3) is 0.133. The van der Waals surface area contributed by atoms with Gasteiger partial charge in [-0.15, -0.1) is 0 Å². The van der Waals surface area contributed by atoms with E-state index in [1.165, 1.54) is 0 Å². The average Bonchev–Trinajstić information content (AvgIpc) is 2.41. The fourth-order valence-corrected chi connectivity index (χ4v) is 2.13. The minimum atomic E-state index is -0.344. The Bertz CT molecular complexity index is 592. The molecule has 104 valence electrons. The predicted octanol–water partition coefficient (Wildman–Crippen LogP) is 2.71. The number of benzene rings is 2. The van der Waals surface area contributed by atoms with Gasteiger partial charge in [0.15, 0.2) is 0 Å². The van der Waals surface area contributed by atoms with E-state index in [0.717, 1.165) is 5.56 Å². The van der Waals surface area contributed by atoms with Crippen LogP contribution in [-0.2, 0) is 6.42 Å². The van der Waals surface area contributed by atoms with Crippen LogP contribution in [0.1, 0.15) is 15.9 Å². The Labute approximate surface area is 122 Å². The fourth-order valence-electron chi connectivity index (χ4n) is 1.86. The first-order chi connectivity index (χ1) is 9.61. The van der Waals surface area contributed by atoms with Crippen LogP contribution in [0.4, 0.5) is 11.4 Å². The number of carbonyl (C=O) groups excluding carboxylic acids is 1. The molecule has 2 aromatic carbocycles. The van der Waals surface area contributed by atoms with Gasteiger partial charge in [0.1, 0.15) is 0 Å². The van der Waals surface area contributed by atoms with Gasteiger partial charge in [-0.1, -0.05) is 29.8 Å². The lowest BCUT2D eigenvalue weighted by Crippen LogP contribution is -2.14. The summed E-state index contributed by atoms with van der Waals surface area (Å²) in [4.78, 5) is 12.2. The van der Waals surface area contributed by atoms with Gasteiger partial charge in [0.05, 0.1) is 10.6 Å². The molecule has 0 spiro atoms. The molecule has 2 aromatic rings. The van der Waals surface area contributed by atoms with E-state index < -0.39 is 0 Å². The molecular weight excluding hydrogens is 276 g/mol. The molecular formula is C15H15ClN2O2. The lowest BCUT2D eigenvalue weighted by Gasteiger charge is -2.09. The Morgan fingerprint density at radius 3 is 2.50 bits per heavy atom. The second-order valence-corrected chi connectivity index (χ2v) is 4.74. The number of aliphatic hydroxyl groups excluding tert-OH is 1. The van der Waals surface area contributed by atoms with Gasteiger partial charge in [-0.3, -0.25) is 4.79 Å². The predicted molar refractivity (Wildman–Crippen MR) is 81.0 cm³/mol. The van der Waals surface area contributed by atoms with E-state index in [-0.39, 0.29) is 18.1 Å². The van der Waals surface area contributed by atoms with Crippen LogP contribution in [0, 0.1) is 0 Å². The normalized spacial score (nSPS) is 10.3. The van der Waals surface area contributed by atoms with Crippen molar-refractivity contribution < 1.29 is 9.90 Å². The van der Waals surface area contributed by atoms with Crippen molar-refractivity contribution in [2.24, 2.45) is 0 Å². The van der Waals surface area contributed by atoms with E-state index >= 15 is 0 Å². The average molecular weight is 291 g/mol. The standard InChI is InChI=1S/C15H15ClN2O2/c16-12-2-1-3-13(17)14(12)15(20)18-11-6-4-10(5-7-11)8-9-19/h1-7,19H,8-9,17H2,(H,18,20). The summed E-state index contributed by atoms with van der Waals surface area (Å²) in [5, 5.41) is 11.9. The molecule has 1 amide bonds. The molecule has 0 aliphatic carbocycles. The van der Waals surface area contributed by atoms with Crippen molar-refractivity contribution in [3.8, 4) is 0 Å². The van der Waals surface area contributed by atoms with Crippen LogP contribution in [-0.4, -0.2) is 17.6 Å². The first-order valence-electron chi connectivity index (χ1n) is 6.17. The summed E-state index contributed by atoms with van der Waals surface area (Å²) in [5.74, 6) is -0.344. The maximum Gasteiger partial charge on any atom is 0.259 e. The lowest BCUT2D eigenvalue weighted by molar-refractivity contribution is 0.102. The smallest absolute Gasteiger partial charge is 0.259 e. The molecule has 5 heteroatoms. The van der Waals surface area contributed by atoms with Crippen LogP contribution in [0.2, 0.25) is 5.02 Å². The number of amides is 1. The number of rotatable bonds is 4. The van der Waals surface area contributed by atoms with E-state index in [9.17, 15) is 4.79 Å². The highest BCUT2D eigenvalue weighted by atomic mass is 35.5. The van der Waals surface area contributed by atoms with Crippen LogP contribution in [0.5, 0.6) is 0 Å². The summed E-state index contributed by atoms with van der Waals surface area (Å²) in [7, 11) is 0. The summed E-state index contributed by atoms with van der Waals surface area (Å²) in [6.45, 7) is 0.0991. The van der Waals surface area contributed by atoms with Crippen molar-refractivity contribution in [1.82, 2.24) is 0 Å². The van der Waals surface area contributed by atoms with Gasteiger partial charge in [-0.05, 0) is 36.2 Å². The Balaban J connectivity index is 2.15. The Hall–Kier alpha value is -2.04. The monoisotopic (exact) mass is 290 g/mol. The zero-order valence-corrected chi connectivity index (χ0v) is 11.5. The number of anilines is 2. The van der Waals surface area contributed by atoms with Gasteiger partial charge in [0.25, 0.3) is 5.91 Å². The molecule has 0 aromatic heterocycles. The molecule has 0 heterocycles. The van der Waals surface area contributed by atoms with E-state index in [1.807, 2.05) is 12.1 Å². The highest BCUT2D eigenvalue weighted by molar-refractivity contribution is 6.35. The zero-order chi connectivity index (χ0) is 14.5. The third kappa shape index (κ3) is 3.29. The number of halogens is 1. The Kier molecular flexibility index (Phi) is 4.61. The van der Waals surface area contributed by atoms with E-state index in [0.29, 0.717) is 22.8 Å². The second kappa shape index (κ2) is 6.41. The van der Waals surface area contributed by atoms with Gasteiger partial charge in [0, 0.05) is 18.0 Å². The van der Waals surface area contributed by atoms with Gasteiger partial charge in [-0.2, -0.15) is 0 Å². The van der Waals surface area contributed by atoms with Crippen molar-refractivity contribution in [3.05, 3.63) is 58.6 Å². The summed E-state index contributed by atoms with van der Waals surface area (Å²) in [6.07, 6.45) is 0.589. The quantitative estimate of drug-likeness (QED) is 0.758. The van der Waals surface area contributed by atoms with Crippen LogP contribution < -0.4 is 11.1 Å². The molecule has 0 saturated heterocycles. The molecule has 0 aliphatic rings. The highest BCUT2D eigenvalue weighted by Crippen LogP contribution is 2.23. The maximum absolute atomic E-state index is 12.2. The van der Waals surface area contributed by atoms with Crippen molar-refractivity contribution >= 4 is 28.9 Å².